The van der Waals surface area contributed by atoms with Crippen molar-refractivity contribution in [1.82, 2.24) is 9.55 Å². The third-order valence-electron chi connectivity index (χ3n) is 2.99. The standard InChI is InChI=1S/C14H8F2N2O2/c15-9-4-2-5-10(16)13(9)18-7-17-12-8(14(19)20)3-1-6-11(12)18/h1-7H,(H,19,20). The molecular weight excluding hydrogens is 266 g/mol. The summed E-state index contributed by atoms with van der Waals surface area (Å²) in [5, 5.41) is 9.07. The van der Waals surface area contributed by atoms with Gasteiger partial charge in [0.05, 0.1) is 11.1 Å². The quantitative estimate of drug-likeness (QED) is 0.781. The molecule has 3 rings (SSSR count). The first-order valence-electron chi connectivity index (χ1n) is 5.73. The van der Waals surface area contributed by atoms with Crippen LogP contribution >= 0.6 is 0 Å². The lowest BCUT2D eigenvalue weighted by atomic mass is 10.2. The molecule has 0 radical (unpaired) electrons. The Morgan fingerprint density at radius 1 is 1.10 bits per heavy atom. The van der Waals surface area contributed by atoms with Crippen molar-refractivity contribution in [3.8, 4) is 5.69 Å². The zero-order valence-corrected chi connectivity index (χ0v) is 10.0. The van der Waals surface area contributed by atoms with Crippen LogP contribution < -0.4 is 0 Å². The summed E-state index contributed by atoms with van der Waals surface area (Å²) >= 11 is 0. The smallest absolute Gasteiger partial charge is 0.337 e. The van der Waals surface area contributed by atoms with E-state index in [4.69, 9.17) is 5.11 Å². The molecule has 0 aliphatic heterocycles. The molecule has 0 aliphatic carbocycles. The van der Waals surface area contributed by atoms with Gasteiger partial charge < -0.3 is 5.11 Å². The number of carboxylic acids is 1. The SMILES string of the molecule is O=C(O)c1cccc2c1ncn2-c1c(F)cccc1F. The Morgan fingerprint density at radius 3 is 2.40 bits per heavy atom. The van der Waals surface area contributed by atoms with Crippen molar-refractivity contribution in [2.75, 3.05) is 0 Å². The largest absolute Gasteiger partial charge is 0.478 e. The molecule has 0 amide bonds. The van der Waals surface area contributed by atoms with E-state index in [2.05, 4.69) is 4.98 Å². The number of hydrogen-bond donors (Lipinski definition) is 1. The summed E-state index contributed by atoms with van der Waals surface area (Å²) in [4.78, 5) is 15.0. The highest BCUT2D eigenvalue weighted by Crippen LogP contribution is 2.24. The number of aromatic nitrogens is 2. The van der Waals surface area contributed by atoms with E-state index in [-0.39, 0.29) is 16.8 Å². The van der Waals surface area contributed by atoms with Crippen molar-refractivity contribution in [2.24, 2.45) is 0 Å². The summed E-state index contributed by atoms with van der Waals surface area (Å²) in [6.45, 7) is 0. The van der Waals surface area contributed by atoms with Crippen LogP contribution in [0.5, 0.6) is 0 Å². The Kier molecular flexibility index (Phi) is 2.71. The van der Waals surface area contributed by atoms with Crippen LogP contribution in [0.25, 0.3) is 16.7 Å². The second-order valence-corrected chi connectivity index (χ2v) is 4.16. The highest BCUT2D eigenvalue weighted by molar-refractivity contribution is 6.01. The van der Waals surface area contributed by atoms with Gasteiger partial charge in [0, 0.05) is 0 Å². The third kappa shape index (κ3) is 1.73. The third-order valence-corrected chi connectivity index (χ3v) is 2.99. The average Bonchev–Trinajstić information content (AvgIpc) is 2.82. The van der Waals surface area contributed by atoms with Crippen LogP contribution in [-0.2, 0) is 0 Å². The average molecular weight is 274 g/mol. The number of para-hydroxylation sites is 2. The minimum atomic E-state index is -1.14. The molecule has 0 saturated carbocycles. The molecular formula is C14H8F2N2O2. The van der Waals surface area contributed by atoms with Gasteiger partial charge in [-0.05, 0) is 24.3 Å². The van der Waals surface area contributed by atoms with E-state index in [9.17, 15) is 13.6 Å². The zero-order chi connectivity index (χ0) is 14.3. The monoisotopic (exact) mass is 274 g/mol. The number of halogens is 2. The van der Waals surface area contributed by atoms with Crippen molar-refractivity contribution in [3.63, 3.8) is 0 Å². The van der Waals surface area contributed by atoms with Crippen LogP contribution in [0.2, 0.25) is 0 Å². The highest BCUT2D eigenvalue weighted by atomic mass is 19.1. The van der Waals surface area contributed by atoms with E-state index >= 15 is 0 Å². The molecule has 0 fully saturated rings. The number of aromatic carboxylic acids is 1. The van der Waals surface area contributed by atoms with Gasteiger partial charge in [-0.1, -0.05) is 12.1 Å². The first kappa shape index (κ1) is 12.3. The van der Waals surface area contributed by atoms with Gasteiger partial charge in [0.25, 0.3) is 0 Å². The van der Waals surface area contributed by atoms with Gasteiger partial charge >= 0.3 is 5.97 Å². The summed E-state index contributed by atoms with van der Waals surface area (Å²) in [5.41, 5.74) is 0.215. The van der Waals surface area contributed by atoms with Crippen molar-refractivity contribution in [3.05, 3.63) is 59.9 Å². The lowest BCUT2D eigenvalue weighted by molar-refractivity contribution is 0.0699. The van der Waals surface area contributed by atoms with Crippen LogP contribution in [0.3, 0.4) is 0 Å². The van der Waals surface area contributed by atoms with Crippen LogP contribution in [0.15, 0.2) is 42.7 Å². The normalized spacial score (nSPS) is 10.9. The van der Waals surface area contributed by atoms with Gasteiger partial charge in [-0.3, -0.25) is 4.57 Å². The molecule has 100 valence electrons. The Balaban J connectivity index is 2.34. The summed E-state index contributed by atoms with van der Waals surface area (Å²) in [6, 6.07) is 7.97. The van der Waals surface area contributed by atoms with E-state index in [1.807, 2.05) is 0 Å². The fraction of sp³-hybridized carbons (Fsp3) is 0. The van der Waals surface area contributed by atoms with Crippen molar-refractivity contribution < 1.29 is 18.7 Å². The molecule has 0 atom stereocenters. The molecule has 0 bridgehead atoms. The predicted molar refractivity (Wildman–Crippen MR) is 67.9 cm³/mol. The number of fused-ring (bicyclic) bond motifs is 1. The Labute approximate surface area is 111 Å². The maximum atomic E-state index is 13.8. The van der Waals surface area contributed by atoms with Gasteiger partial charge in [-0.25, -0.2) is 18.6 Å². The fourth-order valence-electron chi connectivity index (χ4n) is 2.11. The molecule has 0 saturated heterocycles. The Hall–Kier alpha value is -2.76. The van der Waals surface area contributed by atoms with E-state index in [0.29, 0.717) is 5.52 Å². The number of carbonyl (C=O) groups is 1. The molecule has 20 heavy (non-hydrogen) atoms. The lowest BCUT2D eigenvalue weighted by Gasteiger charge is -2.07. The predicted octanol–water partition coefficient (Wildman–Crippen LogP) is 3.00. The van der Waals surface area contributed by atoms with Crippen LogP contribution in [0.1, 0.15) is 10.4 Å². The maximum Gasteiger partial charge on any atom is 0.337 e. The lowest BCUT2D eigenvalue weighted by Crippen LogP contribution is -2.01. The Bertz CT molecular complexity index is 807. The second-order valence-electron chi connectivity index (χ2n) is 4.16. The molecule has 0 aliphatic rings. The van der Waals surface area contributed by atoms with Crippen LogP contribution in [-0.4, -0.2) is 20.6 Å². The van der Waals surface area contributed by atoms with Gasteiger partial charge in [0.15, 0.2) is 0 Å². The number of rotatable bonds is 2. The summed E-state index contributed by atoms with van der Waals surface area (Å²) in [6.07, 6.45) is 1.21. The zero-order valence-electron chi connectivity index (χ0n) is 10.0. The molecule has 2 aromatic carbocycles. The van der Waals surface area contributed by atoms with E-state index < -0.39 is 17.6 Å². The minimum Gasteiger partial charge on any atom is -0.478 e. The molecule has 1 N–H and O–H groups in total. The number of carboxylic acid groups (broad SMARTS) is 1. The first-order valence-corrected chi connectivity index (χ1v) is 5.73. The molecule has 4 nitrogen and oxygen atoms in total. The molecule has 6 heteroatoms. The first-order chi connectivity index (χ1) is 9.59. The van der Waals surface area contributed by atoms with E-state index in [0.717, 1.165) is 12.1 Å². The summed E-state index contributed by atoms with van der Waals surface area (Å²) in [5.74, 6) is -2.63. The number of benzene rings is 2. The highest BCUT2D eigenvalue weighted by Gasteiger charge is 2.17. The molecule has 0 spiro atoms. The second kappa shape index (κ2) is 4.41. The summed E-state index contributed by atoms with van der Waals surface area (Å²) < 4.78 is 28.8. The molecule has 0 unspecified atom stereocenters. The number of hydrogen-bond acceptors (Lipinski definition) is 2. The maximum absolute atomic E-state index is 13.8. The van der Waals surface area contributed by atoms with Crippen LogP contribution in [0.4, 0.5) is 8.78 Å². The van der Waals surface area contributed by atoms with Gasteiger partial charge in [0.2, 0.25) is 0 Å². The van der Waals surface area contributed by atoms with E-state index in [1.54, 1.807) is 6.07 Å². The van der Waals surface area contributed by atoms with Crippen molar-refractivity contribution >= 4 is 17.0 Å². The topological polar surface area (TPSA) is 55.1 Å². The summed E-state index contributed by atoms with van der Waals surface area (Å²) in [7, 11) is 0. The van der Waals surface area contributed by atoms with Crippen LogP contribution in [0, 0.1) is 11.6 Å². The van der Waals surface area contributed by atoms with Gasteiger partial charge in [0.1, 0.15) is 29.2 Å². The van der Waals surface area contributed by atoms with Crippen molar-refractivity contribution in [2.45, 2.75) is 0 Å². The number of imidazole rings is 1. The molecule has 1 aromatic heterocycles. The van der Waals surface area contributed by atoms with Crippen molar-refractivity contribution in [1.29, 1.82) is 0 Å². The molecule has 3 aromatic rings. The fourth-order valence-corrected chi connectivity index (χ4v) is 2.11. The number of nitrogens with zero attached hydrogens (tertiary/aromatic N) is 2. The minimum absolute atomic E-state index is 0.0157. The molecule has 1 heterocycles. The van der Waals surface area contributed by atoms with Gasteiger partial charge in [-0.15, -0.1) is 0 Å². The van der Waals surface area contributed by atoms with Gasteiger partial charge in [-0.2, -0.15) is 0 Å². The Morgan fingerprint density at radius 2 is 1.75 bits per heavy atom. The van der Waals surface area contributed by atoms with E-state index in [1.165, 1.54) is 29.1 Å².